The number of nitriles is 1. The Morgan fingerprint density at radius 2 is 1.74 bits per heavy atom. The van der Waals surface area contributed by atoms with Gasteiger partial charge in [-0.1, -0.05) is 5.16 Å². The molecule has 0 N–H and O–H groups in total. The molecular formula is C16H13N3O7S. The first-order chi connectivity index (χ1) is 12.8. The number of oxime groups is 1. The summed E-state index contributed by atoms with van der Waals surface area (Å²) >= 11 is 0. The largest absolute Gasteiger partial charge is 0.493 e. The lowest BCUT2D eigenvalue weighted by Gasteiger charge is -2.08. The molecular weight excluding hydrogens is 378 g/mol. The van der Waals surface area contributed by atoms with E-state index in [1.165, 1.54) is 32.4 Å². The number of rotatable bonds is 7. The Kier molecular flexibility index (Phi) is 5.94. The second-order valence-corrected chi connectivity index (χ2v) is 6.43. The highest BCUT2D eigenvalue weighted by molar-refractivity contribution is 7.86. The van der Waals surface area contributed by atoms with E-state index in [4.69, 9.17) is 9.47 Å². The minimum Gasteiger partial charge on any atom is -0.493 e. The minimum atomic E-state index is -4.36. The number of hydrogen-bond acceptors (Lipinski definition) is 9. The number of nitro benzene ring substituents is 1. The Labute approximate surface area is 154 Å². The zero-order valence-corrected chi connectivity index (χ0v) is 15.0. The molecule has 0 atom stereocenters. The first-order valence-corrected chi connectivity index (χ1v) is 8.62. The molecule has 0 aromatic heterocycles. The van der Waals surface area contributed by atoms with Crippen molar-refractivity contribution in [2.75, 3.05) is 14.2 Å². The fraction of sp³-hybridized carbons (Fsp3) is 0.125. The third-order valence-electron chi connectivity index (χ3n) is 3.33. The van der Waals surface area contributed by atoms with Crippen LogP contribution in [0.3, 0.4) is 0 Å². The van der Waals surface area contributed by atoms with Crippen molar-refractivity contribution in [1.82, 2.24) is 0 Å². The van der Waals surface area contributed by atoms with Gasteiger partial charge in [-0.3, -0.25) is 14.4 Å². The highest BCUT2D eigenvalue weighted by atomic mass is 32.2. The summed E-state index contributed by atoms with van der Waals surface area (Å²) in [6, 6.07) is 10.2. The molecule has 0 unspecified atom stereocenters. The molecule has 0 bridgehead atoms. The van der Waals surface area contributed by atoms with Crippen molar-refractivity contribution in [2.24, 2.45) is 5.16 Å². The van der Waals surface area contributed by atoms with Crippen LogP contribution >= 0.6 is 0 Å². The summed E-state index contributed by atoms with van der Waals surface area (Å²) in [5, 5.41) is 23.2. The maximum Gasteiger partial charge on any atom is 0.358 e. The Hall–Kier alpha value is -3.65. The first-order valence-electron chi connectivity index (χ1n) is 7.21. The average molecular weight is 391 g/mol. The fourth-order valence-electron chi connectivity index (χ4n) is 1.99. The second-order valence-electron chi connectivity index (χ2n) is 4.90. The topological polar surface area (TPSA) is 141 Å². The molecule has 2 aromatic carbocycles. The lowest BCUT2D eigenvalue weighted by atomic mass is 10.1. The van der Waals surface area contributed by atoms with Crippen molar-refractivity contribution in [3.63, 3.8) is 0 Å². The molecule has 2 rings (SSSR count). The smallest absolute Gasteiger partial charge is 0.358 e. The normalized spacial score (nSPS) is 11.4. The summed E-state index contributed by atoms with van der Waals surface area (Å²) in [7, 11) is -1.52. The van der Waals surface area contributed by atoms with E-state index in [-0.39, 0.29) is 21.9 Å². The predicted octanol–water partition coefficient (Wildman–Crippen LogP) is 2.25. The van der Waals surface area contributed by atoms with Crippen LogP contribution in [0.25, 0.3) is 0 Å². The molecule has 0 saturated heterocycles. The van der Waals surface area contributed by atoms with Crippen LogP contribution in [0.5, 0.6) is 11.5 Å². The Bertz CT molecular complexity index is 1020. The van der Waals surface area contributed by atoms with Gasteiger partial charge in [0.15, 0.2) is 17.2 Å². The molecule has 0 amide bonds. The molecule has 11 heteroatoms. The molecule has 0 heterocycles. The molecule has 0 fully saturated rings. The van der Waals surface area contributed by atoms with Crippen molar-refractivity contribution < 1.29 is 27.1 Å². The van der Waals surface area contributed by atoms with Crippen molar-refractivity contribution in [3.8, 4) is 17.6 Å². The second kappa shape index (κ2) is 8.15. The van der Waals surface area contributed by atoms with Crippen LogP contribution in [0.4, 0.5) is 5.69 Å². The zero-order valence-electron chi connectivity index (χ0n) is 14.1. The van der Waals surface area contributed by atoms with Crippen LogP contribution < -0.4 is 9.47 Å². The van der Waals surface area contributed by atoms with Crippen molar-refractivity contribution in [3.05, 3.63) is 58.1 Å². The SMILES string of the molecule is COc1ccc(/C(C#N)=N\OS(=O)(=O)c2ccc([N+](=O)[O-])cc2)cc1OC. The minimum absolute atomic E-state index is 0.244. The van der Waals surface area contributed by atoms with E-state index in [1.807, 2.05) is 0 Å². The van der Waals surface area contributed by atoms with Gasteiger partial charge in [-0.25, -0.2) is 0 Å². The Morgan fingerprint density at radius 3 is 2.26 bits per heavy atom. The maximum absolute atomic E-state index is 12.1. The van der Waals surface area contributed by atoms with Gasteiger partial charge in [0, 0.05) is 17.7 Å². The molecule has 0 aliphatic rings. The number of hydrogen-bond donors (Lipinski definition) is 0. The number of ether oxygens (including phenoxy) is 2. The van der Waals surface area contributed by atoms with Gasteiger partial charge in [0.2, 0.25) is 0 Å². The Balaban J connectivity index is 2.30. The van der Waals surface area contributed by atoms with Gasteiger partial charge < -0.3 is 9.47 Å². The first kappa shape index (κ1) is 19.7. The lowest BCUT2D eigenvalue weighted by Crippen LogP contribution is -2.06. The molecule has 27 heavy (non-hydrogen) atoms. The van der Waals surface area contributed by atoms with Crippen molar-refractivity contribution >= 4 is 21.5 Å². The molecule has 0 radical (unpaired) electrons. The molecule has 140 valence electrons. The van der Waals surface area contributed by atoms with Gasteiger partial charge in [-0.15, -0.1) is 0 Å². The summed E-state index contributed by atoms with van der Waals surface area (Å²) in [4.78, 5) is 9.61. The van der Waals surface area contributed by atoms with Crippen LogP contribution in [0.15, 0.2) is 52.5 Å². The summed E-state index contributed by atoms with van der Waals surface area (Å²) < 4.78 is 39.0. The highest BCUT2D eigenvalue weighted by Crippen LogP contribution is 2.28. The van der Waals surface area contributed by atoms with Crippen molar-refractivity contribution in [1.29, 1.82) is 5.26 Å². The highest BCUT2D eigenvalue weighted by Gasteiger charge is 2.19. The van der Waals surface area contributed by atoms with Crippen LogP contribution in [0.2, 0.25) is 0 Å². The van der Waals surface area contributed by atoms with E-state index in [0.29, 0.717) is 11.5 Å². The molecule has 10 nitrogen and oxygen atoms in total. The van der Waals surface area contributed by atoms with Gasteiger partial charge in [-0.2, -0.15) is 13.7 Å². The monoisotopic (exact) mass is 391 g/mol. The fourth-order valence-corrected chi connectivity index (χ4v) is 2.71. The number of nitro groups is 1. The van der Waals surface area contributed by atoms with Gasteiger partial charge in [0.1, 0.15) is 11.0 Å². The lowest BCUT2D eigenvalue weighted by molar-refractivity contribution is -0.384. The molecule has 0 spiro atoms. The average Bonchev–Trinajstić information content (AvgIpc) is 2.68. The molecule has 0 aliphatic heterocycles. The number of nitrogens with zero attached hydrogens (tertiary/aromatic N) is 3. The molecule has 2 aromatic rings. The van der Waals surface area contributed by atoms with Gasteiger partial charge in [0.05, 0.1) is 19.1 Å². The Morgan fingerprint density at radius 1 is 1.11 bits per heavy atom. The van der Waals surface area contributed by atoms with Gasteiger partial charge in [-0.05, 0) is 30.3 Å². The summed E-state index contributed by atoms with van der Waals surface area (Å²) in [6.07, 6.45) is 0. The predicted molar refractivity (Wildman–Crippen MR) is 93.1 cm³/mol. The third kappa shape index (κ3) is 4.50. The standard InChI is InChI=1S/C16H13N3O7S/c1-24-15-8-3-11(9-16(15)25-2)14(10-17)18-26-27(22,23)13-6-4-12(5-7-13)19(20)21/h3-9H,1-2H3/b18-14-. The van der Waals surface area contributed by atoms with E-state index >= 15 is 0 Å². The van der Waals surface area contributed by atoms with Gasteiger partial charge in [0.25, 0.3) is 5.69 Å². The zero-order chi connectivity index (χ0) is 20.0. The van der Waals surface area contributed by atoms with Crippen molar-refractivity contribution in [2.45, 2.75) is 4.90 Å². The summed E-state index contributed by atoms with van der Waals surface area (Å²) in [5.74, 6) is 0.731. The summed E-state index contributed by atoms with van der Waals surface area (Å²) in [5.41, 5.74) is -0.351. The van der Waals surface area contributed by atoms with Crippen LogP contribution in [-0.4, -0.2) is 33.3 Å². The summed E-state index contributed by atoms with van der Waals surface area (Å²) in [6.45, 7) is 0. The van der Waals surface area contributed by atoms with E-state index in [1.54, 1.807) is 6.07 Å². The van der Waals surface area contributed by atoms with E-state index in [2.05, 4.69) is 9.44 Å². The number of methoxy groups -OCH3 is 2. The van der Waals surface area contributed by atoms with Crippen LogP contribution in [-0.2, 0) is 14.4 Å². The van der Waals surface area contributed by atoms with E-state index in [0.717, 1.165) is 24.3 Å². The molecule has 0 saturated carbocycles. The van der Waals surface area contributed by atoms with Crippen LogP contribution in [0.1, 0.15) is 5.56 Å². The quantitative estimate of drug-likeness (QED) is 0.397. The van der Waals surface area contributed by atoms with Gasteiger partial charge >= 0.3 is 10.1 Å². The molecule has 0 aliphatic carbocycles. The van der Waals surface area contributed by atoms with E-state index < -0.39 is 15.0 Å². The number of non-ortho nitro benzene ring substituents is 1. The maximum atomic E-state index is 12.1. The number of benzene rings is 2. The third-order valence-corrected chi connectivity index (χ3v) is 4.45. The van der Waals surface area contributed by atoms with E-state index in [9.17, 15) is 23.8 Å². The van der Waals surface area contributed by atoms with Crippen LogP contribution in [0, 0.1) is 21.4 Å².